The number of benzene rings is 1. The largest absolute Gasteiger partial charge is 0.494 e. The molecule has 0 amide bonds. The summed E-state index contributed by atoms with van der Waals surface area (Å²) >= 11 is 0. The molecule has 1 aromatic carbocycles. The number of rotatable bonds is 6. The smallest absolute Gasteiger partial charge is 0.119 e. The molecule has 0 radical (unpaired) electrons. The minimum Gasteiger partial charge on any atom is -0.494 e. The van der Waals surface area contributed by atoms with E-state index in [1.54, 1.807) is 0 Å². The van der Waals surface area contributed by atoms with Crippen molar-refractivity contribution in [3.8, 4) is 17.0 Å². The van der Waals surface area contributed by atoms with Crippen molar-refractivity contribution >= 4 is 0 Å². The van der Waals surface area contributed by atoms with Gasteiger partial charge in [-0.05, 0) is 43.2 Å². The Morgan fingerprint density at radius 1 is 1.26 bits per heavy atom. The van der Waals surface area contributed by atoms with Gasteiger partial charge in [-0.25, -0.2) is 0 Å². The first-order valence-corrected chi connectivity index (χ1v) is 6.73. The molecule has 4 heteroatoms. The highest BCUT2D eigenvalue weighted by atomic mass is 16.5. The summed E-state index contributed by atoms with van der Waals surface area (Å²) < 4.78 is 5.65. The molecule has 0 aliphatic carbocycles. The van der Waals surface area contributed by atoms with Crippen LogP contribution >= 0.6 is 0 Å². The third-order valence-corrected chi connectivity index (χ3v) is 3.21. The molecule has 4 nitrogen and oxygen atoms in total. The molecular formula is C15H21N3O. The molecule has 0 atom stereocenters. The van der Waals surface area contributed by atoms with Crippen LogP contribution in [0.1, 0.15) is 31.0 Å². The van der Waals surface area contributed by atoms with Crippen molar-refractivity contribution in [1.29, 1.82) is 0 Å². The van der Waals surface area contributed by atoms with Gasteiger partial charge in [-0.1, -0.05) is 13.3 Å². The first kappa shape index (κ1) is 13.6. The van der Waals surface area contributed by atoms with Gasteiger partial charge in [-0.2, -0.15) is 5.10 Å². The first-order chi connectivity index (χ1) is 9.26. The summed E-state index contributed by atoms with van der Waals surface area (Å²) in [6.45, 7) is 5.44. The van der Waals surface area contributed by atoms with Gasteiger partial charge in [0.2, 0.25) is 0 Å². The molecule has 0 saturated heterocycles. The van der Waals surface area contributed by atoms with Crippen LogP contribution in [0.25, 0.3) is 11.3 Å². The fourth-order valence-corrected chi connectivity index (χ4v) is 1.96. The second-order valence-corrected chi connectivity index (χ2v) is 4.61. The number of unbranched alkanes of at least 4 members (excludes halogenated alkanes) is 1. The van der Waals surface area contributed by atoms with Gasteiger partial charge in [0.1, 0.15) is 5.75 Å². The monoisotopic (exact) mass is 259 g/mol. The lowest BCUT2D eigenvalue weighted by Crippen LogP contribution is -1.98. The maximum Gasteiger partial charge on any atom is 0.119 e. The fraction of sp³-hybridized carbons (Fsp3) is 0.400. The zero-order valence-corrected chi connectivity index (χ0v) is 11.6. The van der Waals surface area contributed by atoms with Crippen molar-refractivity contribution in [2.75, 3.05) is 6.61 Å². The predicted octanol–water partition coefficient (Wildman–Crippen LogP) is 3.02. The molecular weight excluding hydrogens is 238 g/mol. The Labute approximate surface area is 114 Å². The predicted molar refractivity (Wildman–Crippen MR) is 77.1 cm³/mol. The number of aromatic nitrogens is 2. The van der Waals surface area contributed by atoms with Crippen molar-refractivity contribution < 1.29 is 4.74 Å². The normalized spacial score (nSPS) is 10.7. The Balaban J connectivity index is 2.11. The maximum absolute atomic E-state index is 5.65. The van der Waals surface area contributed by atoms with Gasteiger partial charge in [0.25, 0.3) is 0 Å². The summed E-state index contributed by atoms with van der Waals surface area (Å²) in [6.07, 6.45) is 2.23. The summed E-state index contributed by atoms with van der Waals surface area (Å²) in [4.78, 5) is 0. The van der Waals surface area contributed by atoms with Gasteiger partial charge in [-0.15, -0.1) is 0 Å². The molecule has 1 aromatic heterocycles. The van der Waals surface area contributed by atoms with E-state index in [0.717, 1.165) is 47.7 Å². The second-order valence-electron chi connectivity index (χ2n) is 4.61. The number of aromatic amines is 1. The number of hydrogen-bond acceptors (Lipinski definition) is 3. The van der Waals surface area contributed by atoms with Crippen LogP contribution in [0.4, 0.5) is 0 Å². The van der Waals surface area contributed by atoms with Crippen molar-refractivity contribution in [2.45, 2.75) is 33.2 Å². The van der Waals surface area contributed by atoms with E-state index in [-0.39, 0.29) is 0 Å². The zero-order valence-electron chi connectivity index (χ0n) is 11.6. The standard InChI is InChI=1S/C15H21N3O/c1-3-4-9-19-13-7-5-12(6-8-13)15-11(2)14(10-16)17-18-15/h5-8H,3-4,9-10,16H2,1-2H3,(H,17,18). The molecule has 0 bridgehead atoms. The van der Waals surface area contributed by atoms with Gasteiger partial charge in [0, 0.05) is 12.1 Å². The number of hydrogen-bond donors (Lipinski definition) is 2. The van der Waals surface area contributed by atoms with Gasteiger partial charge in [-0.3, -0.25) is 5.10 Å². The average molecular weight is 259 g/mol. The van der Waals surface area contributed by atoms with Crippen LogP contribution in [0, 0.1) is 6.92 Å². The van der Waals surface area contributed by atoms with Crippen LogP contribution in [0.5, 0.6) is 5.75 Å². The molecule has 2 aromatic rings. The highest BCUT2D eigenvalue weighted by Crippen LogP contribution is 2.25. The summed E-state index contributed by atoms with van der Waals surface area (Å²) in [5, 5.41) is 7.29. The van der Waals surface area contributed by atoms with Crippen molar-refractivity contribution in [3.63, 3.8) is 0 Å². The second kappa shape index (κ2) is 6.38. The summed E-state index contributed by atoms with van der Waals surface area (Å²) in [5.74, 6) is 0.907. The van der Waals surface area contributed by atoms with E-state index in [2.05, 4.69) is 17.1 Å². The Morgan fingerprint density at radius 2 is 2.00 bits per heavy atom. The van der Waals surface area contributed by atoms with Crippen LogP contribution in [-0.4, -0.2) is 16.8 Å². The molecule has 19 heavy (non-hydrogen) atoms. The van der Waals surface area contributed by atoms with E-state index in [0.29, 0.717) is 6.54 Å². The minimum absolute atomic E-state index is 0.483. The van der Waals surface area contributed by atoms with Gasteiger partial charge in [0.05, 0.1) is 18.0 Å². The molecule has 102 valence electrons. The molecule has 2 rings (SSSR count). The molecule has 0 saturated carbocycles. The van der Waals surface area contributed by atoms with E-state index in [1.807, 2.05) is 31.2 Å². The van der Waals surface area contributed by atoms with E-state index in [4.69, 9.17) is 10.5 Å². The average Bonchev–Trinajstić information content (AvgIpc) is 2.81. The summed E-state index contributed by atoms with van der Waals surface area (Å²) in [6, 6.07) is 8.04. The first-order valence-electron chi connectivity index (χ1n) is 6.73. The van der Waals surface area contributed by atoms with Gasteiger partial charge in [0.15, 0.2) is 0 Å². The Hall–Kier alpha value is -1.81. The Kier molecular flexibility index (Phi) is 4.58. The Bertz CT molecular complexity index is 517. The van der Waals surface area contributed by atoms with Crippen molar-refractivity contribution in [2.24, 2.45) is 5.73 Å². The van der Waals surface area contributed by atoms with Gasteiger partial charge >= 0.3 is 0 Å². The molecule has 1 heterocycles. The number of nitrogens with zero attached hydrogens (tertiary/aromatic N) is 1. The maximum atomic E-state index is 5.65. The molecule has 0 fully saturated rings. The van der Waals surface area contributed by atoms with Crippen LogP contribution in [0.2, 0.25) is 0 Å². The number of H-pyrrole nitrogens is 1. The highest BCUT2D eigenvalue weighted by molar-refractivity contribution is 5.64. The van der Waals surface area contributed by atoms with E-state index >= 15 is 0 Å². The lowest BCUT2D eigenvalue weighted by Gasteiger charge is -2.06. The van der Waals surface area contributed by atoms with Crippen LogP contribution in [-0.2, 0) is 6.54 Å². The van der Waals surface area contributed by atoms with Crippen LogP contribution in [0.15, 0.2) is 24.3 Å². The fourth-order valence-electron chi connectivity index (χ4n) is 1.96. The minimum atomic E-state index is 0.483. The lowest BCUT2D eigenvalue weighted by molar-refractivity contribution is 0.309. The number of nitrogens with two attached hydrogens (primary N) is 1. The van der Waals surface area contributed by atoms with Crippen LogP contribution in [0.3, 0.4) is 0 Å². The molecule has 0 spiro atoms. The van der Waals surface area contributed by atoms with Crippen molar-refractivity contribution in [3.05, 3.63) is 35.5 Å². The quantitative estimate of drug-likeness (QED) is 0.784. The summed E-state index contributed by atoms with van der Waals surface area (Å²) in [5.41, 5.74) is 9.78. The third kappa shape index (κ3) is 3.15. The van der Waals surface area contributed by atoms with E-state index < -0.39 is 0 Å². The molecule has 0 aliphatic heterocycles. The summed E-state index contributed by atoms with van der Waals surface area (Å²) in [7, 11) is 0. The number of ether oxygens (including phenoxy) is 1. The molecule has 0 unspecified atom stereocenters. The third-order valence-electron chi connectivity index (χ3n) is 3.21. The molecule has 3 N–H and O–H groups in total. The number of nitrogens with one attached hydrogen (secondary N) is 1. The van der Waals surface area contributed by atoms with Crippen molar-refractivity contribution in [1.82, 2.24) is 10.2 Å². The van der Waals surface area contributed by atoms with Crippen LogP contribution < -0.4 is 10.5 Å². The SMILES string of the molecule is CCCCOc1ccc(-c2n[nH]c(CN)c2C)cc1. The lowest BCUT2D eigenvalue weighted by atomic mass is 10.1. The molecule has 0 aliphatic rings. The van der Waals surface area contributed by atoms with E-state index in [1.165, 1.54) is 0 Å². The highest BCUT2D eigenvalue weighted by Gasteiger charge is 2.09. The van der Waals surface area contributed by atoms with Gasteiger partial charge < -0.3 is 10.5 Å². The van der Waals surface area contributed by atoms with E-state index in [9.17, 15) is 0 Å². The zero-order chi connectivity index (χ0) is 13.7. The topological polar surface area (TPSA) is 63.9 Å². The Morgan fingerprint density at radius 3 is 2.58 bits per heavy atom.